The summed E-state index contributed by atoms with van der Waals surface area (Å²) in [5.74, 6) is 0.139. The smallest absolute Gasteiger partial charge is 0.316 e. The van der Waals surface area contributed by atoms with Gasteiger partial charge in [-0.15, -0.1) is 0 Å². The molecule has 1 aromatic carbocycles. The fourth-order valence-corrected chi connectivity index (χ4v) is 1.86. The first-order valence-electron chi connectivity index (χ1n) is 4.87. The highest BCUT2D eigenvalue weighted by atomic mass is 35.5. The summed E-state index contributed by atoms with van der Waals surface area (Å²) in [6.07, 6.45) is 5.74. The highest BCUT2D eigenvalue weighted by Crippen LogP contribution is 2.27. The summed E-state index contributed by atoms with van der Waals surface area (Å²) in [7, 11) is 0. The molecule has 0 heterocycles. The van der Waals surface area contributed by atoms with Crippen LogP contribution in [0, 0.1) is 0 Å². The van der Waals surface area contributed by atoms with Gasteiger partial charge in [-0.25, -0.2) is 4.79 Å². The molecule has 0 bridgehead atoms. The molecule has 3 N–H and O–H groups in total. The number of amides is 2. The number of nitrogens with two attached hydrogens (primary N) is 1. The van der Waals surface area contributed by atoms with Crippen molar-refractivity contribution in [1.82, 2.24) is 5.32 Å². The molecule has 0 radical (unpaired) electrons. The third kappa shape index (κ3) is 2.44. The van der Waals surface area contributed by atoms with Crippen molar-refractivity contribution in [2.75, 3.05) is 0 Å². The minimum atomic E-state index is -0.553. The number of primary amides is 1. The molecule has 1 unspecified atom stereocenters. The summed E-state index contributed by atoms with van der Waals surface area (Å²) in [6.45, 7) is 0. The molecule has 2 rings (SSSR count). The Morgan fingerprint density at radius 2 is 2.25 bits per heavy atom. The number of rotatable bonds is 2. The standard InChI is InChI=1S/C12H11ClN2O/c13-10-3-1-2-8(6-10)9-4-5-11(7-9)15-12(14)16/h1-7,9H,(H3,14,15,16). The molecule has 0 fully saturated rings. The average molecular weight is 235 g/mol. The van der Waals surface area contributed by atoms with Crippen molar-refractivity contribution >= 4 is 17.6 Å². The second-order valence-corrected chi connectivity index (χ2v) is 3.99. The largest absolute Gasteiger partial charge is 0.351 e. The van der Waals surface area contributed by atoms with Gasteiger partial charge in [0, 0.05) is 16.6 Å². The molecule has 1 aromatic rings. The predicted molar refractivity (Wildman–Crippen MR) is 64.1 cm³/mol. The van der Waals surface area contributed by atoms with Crippen molar-refractivity contribution in [1.29, 1.82) is 0 Å². The predicted octanol–water partition coefficient (Wildman–Crippen LogP) is 2.55. The Kier molecular flexibility index (Phi) is 2.97. The zero-order chi connectivity index (χ0) is 11.5. The van der Waals surface area contributed by atoms with E-state index in [9.17, 15) is 4.79 Å². The van der Waals surface area contributed by atoms with Crippen LogP contribution in [0.2, 0.25) is 5.02 Å². The van der Waals surface area contributed by atoms with Crippen LogP contribution in [0.5, 0.6) is 0 Å². The van der Waals surface area contributed by atoms with E-state index in [2.05, 4.69) is 5.32 Å². The van der Waals surface area contributed by atoms with E-state index >= 15 is 0 Å². The second kappa shape index (κ2) is 4.41. The van der Waals surface area contributed by atoms with E-state index in [-0.39, 0.29) is 5.92 Å². The van der Waals surface area contributed by atoms with Gasteiger partial charge in [-0.3, -0.25) is 0 Å². The number of carbonyl (C=O) groups is 1. The van der Waals surface area contributed by atoms with E-state index in [1.54, 1.807) is 0 Å². The highest BCUT2D eigenvalue weighted by Gasteiger charge is 2.12. The van der Waals surface area contributed by atoms with E-state index in [1.807, 2.05) is 42.5 Å². The van der Waals surface area contributed by atoms with Crippen LogP contribution < -0.4 is 11.1 Å². The number of nitrogens with one attached hydrogen (secondary N) is 1. The van der Waals surface area contributed by atoms with Crippen molar-refractivity contribution in [2.24, 2.45) is 5.73 Å². The number of allylic oxidation sites excluding steroid dienone is 3. The Labute approximate surface area is 98.6 Å². The van der Waals surface area contributed by atoms with Crippen molar-refractivity contribution < 1.29 is 4.79 Å². The summed E-state index contributed by atoms with van der Waals surface area (Å²) in [5.41, 5.74) is 6.84. The van der Waals surface area contributed by atoms with Crippen molar-refractivity contribution in [3.63, 3.8) is 0 Å². The van der Waals surface area contributed by atoms with Gasteiger partial charge in [0.1, 0.15) is 0 Å². The van der Waals surface area contributed by atoms with Gasteiger partial charge in [0.25, 0.3) is 0 Å². The number of halogens is 1. The Balaban J connectivity index is 2.17. The van der Waals surface area contributed by atoms with Crippen LogP contribution >= 0.6 is 11.6 Å². The molecule has 1 atom stereocenters. The molecule has 0 saturated heterocycles. The SMILES string of the molecule is NC(=O)NC1=CC(c2cccc(Cl)c2)C=C1. The van der Waals surface area contributed by atoms with Crippen LogP contribution in [0.1, 0.15) is 11.5 Å². The maximum absolute atomic E-state index is 10.7. The van der Waals surface area contributed by atoms with Gasteiger partial charge in [-0.1, -0.05) is 29.8 Å². The Hall–Kier alpha value is -1.74. The molecule has 2 amide bonds. The number of benzene rings is 1. The summed E-state index contributed by atoms with van der Waals surface area (Å²) in [6, 6.07) is 7.07. The Morgan fingerprint density at radius 1 is 1.44 bits per heavy atom. The zero-order valence-corrected chi connectivity index (χ0v) is 9.24. The summed E-state index contributed by atoms with van der Waals surface area (Å²) in [5, 5.41) is 3.24. The molecular formula is C12H11ClN2O. The zero-order valence-electron chi connectivity index (χ0n) is 8.48. The monoisotopic (exact) mass is 234 g/mol. The number of hydrogen-bond acceptors (Lipinski definition) is 1. The van der Waals surface area contributed by atoms with Crippen LogP contribution in [0.15, 0.2) is 48.2 Å². The summed E-state index contributed by atoms with van der Waals surface area (Å²) in [4.78, 5) is 10.7. The summed E-state index contributed by atoms with van der Waals surface area (Å²) < 4.78 is 0. The van der Waals surface area contributed by atoms with Crippen molar-refractivity contribution in [3.8, 4) is 0 Å². The first-order chi connectivity index (χ1) is 7.65. The normalized spacial score (nSPS) is 18.3. The first-order valence-corrected chi connectivity index (χ1v) is 5.25. The topological polar surface area (TPSA) is 55.1 Å². The lowest BCUT2D eigenvalue weighted by atomic mass is 10.0. The molecule has 82 valence electrons. The summed E-state index contributed by atoms with van der Waals surface area (Å²) >= 11 is 5.91. The maximum atomic E-state index is 10.7. The number of urea groups is 1. The van der Waals surface area contributed by atoms with E-state index in [1.165, 1.54) is 0 Å². The lowest BCUT2D eigenvalue weighted by Crippen LogP contribution is -2.27. The molecule has 1 aliphatic carbocycles. The lowest BCUT2D eigenvalue weighted by Gasteiger charge is -2.05. The van der Waals surface area contributed by atoms with Gasteiger partial charge in [0.2, 0.25) is 0 Å². The average Bonchev–Trinajstić information content (AvgIpc) is 2.65. The molecular weight excluding hydrogens is 224 g/mol. The number of carbonyl (C=O) groups excluding carboxylic acids is 1. The fourth-order valence-electron chi connectivity index (χ4n) is 1.66. The van der Waals surface area contributed by atoms with Crippen LogP contribution in [0.4, 0.5) is 4.79 Å². The minimum Gasteiger partial charge on any atom is -0.351 e. The van der Waals surface area contributed by atoms with Gasteiger partial charge in [-0.05, 0) is 29.8 Å². The Bertz CT molecular complexity index is 480. The molecule has 3 nitrogen and oxygen atoms in total. The fraction of sp³-hybridized carbons (Fsp3) is 0.0833. The third-order valence-electron chi connectivity index (χ3n) is 2.34. The molecule has 1 aliphatic rings. The van der Waals surface area contributed by atoms with Crippen LogP contribution in [0.25, 0.3) is 0 Å². The van der Waals surface area contributed by atoms with Gasteiger partial charge in [-0.2, -0.15) is 0 Å². The van der Waals surface area contributed by atoms with Gasteiger partial charge in [0.05, 0.1) is 0 Å². The first kappa shape index (κ1) is 10.8. The maximum Gasteiger partial charge on any atom is 0.316 e. The molecule has 16 heavy (non-hydrogen) atoms. The number of hydrogen-bond donors (Lipinski definition) is 2. The Morgan fingerprint density at radius 3 is 2.94 bits per heavy atom. The highest BCUT2D eigenvalue weighted by molar-refractivity contribution is 6.30. The van der Waals surface area contributed by atoms with Crippen molar-refractivity contribution in [3.05, 3.63) is 58.8 Å². The van der Waals surface area contributed by atoms with E-state index in [4.69, 9.17) is 17.3 Å². The molecule has 0 spiro atoms. The second-order valence-electron chi connectivity index (χ2n) is 3.55. The van der Waals surface area contributed by atoms with Crippen LogP contribution in [-0.4, -0.2) is 6.03 Å². The molecule has 4 heteroatoms. The van der Waals surface area contributed by atoms with Crippen LogP contribution in [0.3, 0.4) is 0 Å². The minimum absolute atomic E-state index is 0.139. The van der Waals surface area contributed by atoms with E-state index in [0.29, 0.717) is 5.02 Å². The van der Waals surface area contributed by atoms with Crippen LogP contribution in [-0.2, 0) is 0 Å². The third-order valence-corrected chi connectivity index (χ3v) is 2.58. The van der Waals surface area contributed by atoms with Gasteiger partial charge in [0.15, 0.2) is 0 Å². The van der Waals surface area contributed by atoms with Gasteiger partial charge < -0.3 is 11.1 Å². The molecule has 0 aliphatic heterocycles. The molecule has 0 aromatic heterocycles. The lowest BCUT2D eigenvalue weighted by molar-refractivity contribution is 0.251. The van der Waals surface area contributed by atoms with Crippen molar-refractivity contribution in [2.45, 2.75) is 5.92 Å². The van der Waals surface area contributed by atoms with E-state index < -0.39 is 6.03 Å². The van der Waals surface area contributed by atoms with Gasteiger partial charge >= 0.3 is 6.03 Å². The van der Waals surface area contributed by atoms with E-state index in [0.717, 1.165) is 11.3 Å². The molecule has 0 saturated carbocycles. The quantitative estimate of drug-likeness (QED) is 0.812.